The maximum atomic E-state index is 8.31. The van der Waals surface area contributed by atoms with Crippen LogP contribution in [0.5, 0.6) is 0 Å². The van der Waals surface area contributed by atoms with Gasteiger partial charge in [-0.3, -0.25) is 0 Å². The molecule has 0 amide bonds. The molecule has 0 fully saturated rings. The SMILES string of the molecule is C=CC(C)NC=C(C#N)C#N. The Morgan fingerprint density at radius 1 is 1.55 bits per heavy atom. The van der Waals surface area contributed by atoms with E-state index in [0.29, 0.717) is 0 Å². The summed E-state index contributed by atoms with van der Waals surface area (Å²) in [6.07, 6.45) is 3.06. The highest BCUT2D eigenvalue weighted by molar-refractivity contribution is 5.34. The van der Waals surface area contributed by atoms with E-state index in [1.165, 1.54) is 6.20 Å². The third kappa shape index (κ3) is 3.77. The van der Waals surface area contributed by atoms with Crippen molar-refractivity contribution in [3.63, 3.8) is 0 Å². The third-order valence-corrected chi connectivity index (χ3v) is 1.09. The first-order chi connectivity index (χ1) is 5.24. The summed E-state index contributed by atoms with van der Waals surface area (Å²) in [7, 11) is 0. The molecule has 1 unspecified atom stereocenters. The number of hydrogen-bond acceptors (Lipinski definition) is 3. The van der Waals surface area contributed by atoms with Gasteiger partial charge in [-0.2, -0.15) is 10.5 Å². The minimum atomic E-state index is 0.0682. The standard InChI is InChI=1S/C8H9N3/c1-3-7(2)11-6-8(4-9)5-10/h3,6-7,11H,1H2,2H3. The second-order valence-corrected chi connectivity index (χ2v) is 1.97. The lowest BCUT2D eigenvalue weighted by Gasteiger charge is -2.03. The van der Waals surface area contributed by atoms with Crippen LogP contribution in [-0.2, 0) is 0 Å². The normalized spacial score (nSPS) is 10.1. The van der Waals surface area contributed by atoms with Gasteiger partial charge in [0.05, 0.1) is 0 Å². The van der Waals surface area contributed by atoms with E-state index in [2.05, 4.69) is 11.9 Å². The Morgan fingerprint density at radius 3 is 2.45 bits per heavy atom. The quantitative estimate of drug-likeness (QED) is 0.480. The van der Waals surface area contributed by atoms with Crippen LogP contribution in [0, 0.1) is 22.7 Å². The molecule has 1 atom stereocenters. The van der Waals surface area contributed by atoms with Crippen molar-refractivity contribution in [2.45, 2.75) is 13.0 Å². The highest BCUT2D eigenvalue weighted by Crippen LogP contribution is 1.87. The predicted octanol–water partition coefficient (Wildman–Crippen LogP) is 1.08. The van der Waals surface area contributed by atoms with E-state index in [-0.39, 0.29) is 11.6 Å². The summed E-state index contributed by atoms with van der Waals surface area (Å²) >= 11 is 0. The summed E-state index contributed by atoms with van der Waals surface area (Å²) < 4.78 is 0. The molecular formula is C8H9N3. The zero-order chi connectivity index (χ0) is 8.69. The van der Waals surface area contributed by atoms with E-state index in [1.54, 1.807) is 18.2 Å². The minimum Gasteiger partial charge on any atom is -0.383 e. The Kier molecular flexibility index (Phi) is 4.27. The second kappa shape index (κ2) is 5.08. The van der Waals surface area contributed by atoms with Crippen LogP contribution in [0.25, 0.3) is 0 Å². The fraction of sp³-hybridized carbons (Fsp3) is 0.250. The molecular weight excluding hydrogens is 138 g/mol. The van der Waals surface area contributed by atoms with Crippen molar-refractivity contribution in [1.82, 2.24) is 5.32 Å². The van der Waals surface area contributed by atoms with Crippen molar-refractivity contribution < 1.29 is 0 Å². The highest BCUT2D eigenvalue weighted by Gasteiger charge is 1.92. The zero-order valence-electron chi connectivity index (χ0n) is 6.33. The van der Waals surface area contributed by atoms with Crippen LogP contribution in [0.2, 0.25) is 0 Å². The molecule has 0 aromatic heterocycles. The van der Waals surface area contributed by atoms with Gasteiger partial charge in [0.2, 0.25) is 0 Å². The van der Waals surface area contributed by atoms with Crippen molar-refractivity contribution in [1.29, 1.82) is 10.5 Å². The van der Waals surface area contributed by atoms with Gasteiger partial charge in [0, 0.05) is 12.2 Å². The van der Waals surface area contributed by atoms with Crippen molar-refractivity contribution >= 4 is 0 Å². The number of nitrogens with one attached hydrogen (secondary N) is 1. The van der Waals surface area contributed by atoms with Gasteiger partial charge in [-0.15, -0.1) is 6.58 Å². The molecule has 0 radical (unpaired) electrons. The van der Waals surface area contributed by atoms with Gasteiger partial charge < -0.3 is 5.32 Å². The third-order valence-electron chi connectivity index (χ3n) is 1.09. The van der Waals surface area contributed by atoms with Gasteiger partial charge in [0.15, 0.2) is 0 Å². The number of allylic oxidation sites excluding steroid dienone is 1. The summed E-state index contributed by atoms with van der Waals surface area (Å²) in [4.78, 5) is 0. The van der Waals surface area contributed by atoms with E-state index >= 15 is 0 Å². The van der Waals surface area contributed by atoms with Crippen LogP contribution in [0.4, 0.5) is 0 Å². The topological polar surface area (TPSA) is 59.6 Å². The van der Waals surface area contributed by atoms with Crippen LogP contribution in [0.3, 0.4) is 0 Å². The Hall–Kier alpha value is -1.74. The van der Waals surface area contributed by atoms with Crippen LogP contribution >= 0.6 is 0 Å². The summed E-state index contributed by atoms with van der Waals surface area (Å²) in [5, 5.41) is 19.4. The first-order valence-electron chi connectivity index (χ1n) is 3.13. The Morgan fingerprint density at radius 2 is 2.09 bits per heavy atom. The summed E-state index contributed by atoms with van der Waals surface area (Å²) in [5.74, 6) is 0. The molecule has 0 aromatic rings. The average Bonchev–Trinajstić information content (AvgIpc) is 2.06. The van der Waals surface area contributed by atoms with Gasteiger partial charge in [-0.1, -0.05) is 6.08 Å². The average molecular weight is 147 g/mol. The molecule has 1 N–H and O–H groups in total. The second-order valence-electron chi connectivity index (χ2n) is 1.97. The van der Waals surface area contributed by atoms with Gasteiger partial charge in [0.1, 0.15) is 17.7 Å². The monoisotopic (exact) mass is 147 g/mol. The fourth-order valence-corrected chi connectivity index (χ4v) is 0.372. The molecule has 3 nitrogen and oxygen atoms in total. The van der Waals surface area contributed by atoms with Crippen LogP contribution in [0.1, 0.15) is 6.92 Å². The van der Waals surface area contributed by atoms with Crippen LogP contribution in [-0.4, -0.2) is 6.04 Å². The van der Waals surface area contributed by atoms with E-state index in [0.717, 1.165) is 0 Å². The molecule has 0 heterocycles. The zero-order valence-corrected chi connectivity index (χ0v) is 6.33. The fourth-order valence-electron chi connectivity index (χ4n) is 0.372. The van der Waals surface area contributed by atoms with Crippen LogP contribution < -0.4 is 5.32 Å². The Bertz CT molecular complexity index is 223. The molecule has 56 valence electrons. The highest BCUT2D eigenvalue weighted by atomic mass is 14.9. The molecule has 0 aromatic carbocycles. The van der Waals surface area contributed by atoms with Crippen LogP contribution in [0.15, 0.2) is 24.4 Å². The molecule has 3 heteroatoms. The lowest BCUT2D eigenvalue weighted by molar-refractivity contribution is 0.769. The van der Waals surface area contributed by atoms with E-state index in [9.17, 15) is 0 Å². The molecule has 11 heavy (non-hydrogen) atoms. The van der Waals surface area contributed by atoms with Crippen molar-refractivity contribution in [3.8, 4) is 12.1 Å². The maximum Gasteiger partial charge on any atom is 0.145 e. The lowest BCUT2D eigenvalue weighted by Crippen LogP contribution is -2.17. The van der Waals surface area contributed by atoms with E-state index < -0.39 is 0 Å². The van der Waals surface area contributed by atoms with Crippen molar-refractivity contribution in [3.05, 3.63) is 24.4 Å². The molecule has 0 saturated heterocycles. The summed E-state index contributed by atoms with van der Waals surface area (Å²) in [5.41, 5.74) is 0.0682. The smallest absolute Gasteiger partial charge is 0.145 e. The number of rotatable bonds is 3. The van der Waals surface area contributed by atoms with Gasteiger partial charge in [-0.05, 0) is 6.92 Å². The first-order valence-corrected chi connectivity index (χ1v) is 3.13. The van der Waals surface area contributed by atoms with Gasteiger partial charge in [-0.25, -0.2) is 0 Å². The molecule has 0 aliphatic carbocycles. The van der Waals surface area contributed by atoms with E-state index in [4.69, 9.17) is 10.5 Å². The summed E-state index contributed by atoms with van der Waals surface area (Å²) in [6, 6.07) is 3.54. The molecule has 0 bridgehead atoms. The number of hydrogen-bond donors (Lipinski definition) is 1. The first kappa shape index (κ1) is 9.26. The molecule has 0 rings (SSSR count). The largest absolute Gasteiger partial charge is 0.383 e. The van der Waals surface area contributed by atoms with Crippen molar-refractivity contribution in [2.75, 3.05) is 0 Å². The minimum absolute atomic E-state index is 0.0682. The Labute approximate surface area is 66.2 Å². The lowest BCUT2D eigenvalue weighted by atomic mass is 10.3. The Balaban J connectivity index is 4.04. The molecule has 0 aliphatic heterocycles. The maximum absolute atomic E-state index is 8.31. The number of nitriles is 2. The summed E-state index contributed by atoms with van der Waals surface area (Å²) in [6.45, 7) is 5.40. The molecule has 0 saturated carbocycles. The molecule has 0 spiro atoms. The predicted molar refractivity (Wildman–Crippen MR) is 42.1 cm³/mol. The van der Waals surface area contributed by atoms with Gasteiger partial charge >= 0.3 is 0 Å². The van der Waals surface area contributed by atoms with E-state index in [1.807, 2.05) is 6.92 Å². The van der Waals surface area contributed by atoms with Gasteiger partial charge in [0.25, 0.3) is 0 Å². The molecule has 0 aliphatic rings. The van der Waals surface area contributed by atoms with Crippen molar-refractivity contribution in [2.24, 2.45) is 0 Å². The number of nitrogens with zero attached hydrogens (tertiary/aromatic N) is 2.